The molecule has 5 nitrogen and oxygen atoms in total. The standard InChI is InChI=1S/C20H18N2O3/c23-16-9-10-17(18(24)13-16)20(11-5-2-6-12-20)14-21-22-19(25)15-7-3-1-4-8-15/h1-11,13-14,23-24H,12H2,(H,22,25)/b21-14-. The van der Waals surface area contributed by atoms with E-state index >= 15 is 0 Å². The molecule has 1 atom stereocenters. The fourth-order valence-electron chi connectivity index (χ4n) is 2.78. The molecule has 0 fully saturated rings. The van der Waals surface area contributed by atoms with Crippen LogP contribution in [-0.2, 0) is 5.41 Å². The smallest absolute Gasteiger partial charge is 0.271 e. The highest BCUT2D eigenvalue weighted by molar-refractivity contribution is 5.94. The van der Waals surface area contributed by atoms with Crippen LogP contribution in [0.15, 0.2) is 77.9 Å². The second-order valence-electron chi connectivity index (χ2n) is 5.80. The predicted octanol–water partition coefficient (Wildman–Crippen LogP) is 3.27. The van der Waals surface area contributed by atoms with Crippen molar-refractivity contribution in [3.63, 3.8) is 0 Å². The van der Waals surface area contributed by atoms with Crippen molar-refractivity contribution in [3.8, 4) is 11.5 Å². The molecule has 1 aliphatic rings. The monoisotopic (exact) mass is 334 g/mol. The number of phenols is 2. The Balaban J connectivity index is 1.85. The summed E-state index contributed by atoms with van der Waals surface area (Å²) >= 11 is 0. The normalized spacial score (nSPS) is 19.2. The van der Waals surface area contributed by atoms with Crippen molar-refractivity contribution in [2.24, 2.45) is 5.10 Å². The summed E-state index contributed by atoms with van der Waals surface area (Å²) in [7, 11) is 0. The van der Waals surface area contributed by atoms with E-state index in [1.165, 1.54) is 12.1 Å². The first-order valence-electron chi connectivity index (χ1n) is 7.87. The summed E-state index contributed by atoms with van der Waals surface area (Å²) in [6.45, 7) is 0. The van der Waals surface area contributed by atoms with Crippen molar-refractivity contribution >= 4 is 12.1 Å². The van der Waals surface area contributed by atoms with Crippen molar-refractivity contribution in [2.45, 2.75) is 11.8 Å². The van der Waals surface area contributed by atoms with E-state index in [2.05, 4.69) is 10.5 Å². The zero-order valence-electron chi connectivity index (χ0n) is 13.5. The van der Waals surface area contributed by atoms with Crippen LogP contribution in [0.2, 0.25) is 0 Å². The van der Waals surface area contributed by atoms with E-state index in [0.717, 1.165) is 0 Å². The zero-order valence-corrected chi connectivity index (χ0v) is 13.5. The Kier molecular flexibility index (Phi) is 4.66. The first-order chi connectivity index (χ1) is 12.1. The van der Waals surface area contributed by atoms with Gasteiger partial charge in [0.2, 0.25) is 0 Å². The maximum absolute atomic E-state index is 12.1. The van der Waals surface area contributed by atoms with Crippen LogP contribution in [0, 0.1) is 0 Å². The van der Waals surface area contributed by atoms with E-state index in [0.29, 0.717) is 17.5 Å². The van der Waals surface area contributed by atoms with Crippen LogP contribution in [0.25, 0.3) is 0 Å². The number of phenolic OH excluding ortho intramolecular Hbond substituents is 2. The van der Waals surface area contributed by atoms with Crippen LogP contribution in [-0.4, -0.2) is 22.3 Å². The van der Waals surface area contributed by atoms with E-state index in [1.54, 1.807) is 36.5 Å². The first kappa shape index (κ1) is 16.5. The third-order valence-electron chi connectivity index (χ3n) is 4.08. The molecule has 5 heteroatoms. The summed E-state index contributed by atoms with van der Waals surface area (Å²) in [5, 5.41) is 23.8. The van der Waals surface area contributed by atoms with Gasteiger partial charge in [-0.25, -0.2) is 5.43 Å². The molecule has 0 spiro atoms. The fraction of sp³-hybridized carbons (Fsp3) is 0.100. The zero-order chi connectivity index (χ0) is 17.7. The number of nitrogens with zero attached hydrogens (tertiary/aromatic N) is 1. The number of carbonyl (C=O) groups is 1. The molecule has 2 aromatic rings. The van der Waals surface area contributed by atoms with E-state index in [9.17, 15) is 15.0 Å². The SMILES string of the molecule is O=C(N/N=C\C1(c2ccc(O)cc2O)C=CC=CC1)c1ccccc1. The Morgan fingerprint density at radius 1 is 1.12 bits per heavy atom. The molecule has 25 heavy (non-hydrogen) atoms. The van der Waals surface area contributed by atoms with E-state index < -0.39 is 5.41 Å². The topological polar surface area (TPSA) is 81.9 Å². The van der Waals surface area contributed by atoms with Gasteiger partial charge in [0.1, 0.15) is 11.5 Å². The van der Waals surface area contributed by atoms with Crippen molar-refractivity contribution in [3.05, 3.63) is 84.0 Å². The van der Waals surface area contributed by atoms with E-state index in [-0.39, 0.29) is 17.4 Å². The largest absolute Gasteiger partial charge is 0.508 e. The molecular weight excluding hydrogens is 316 g/mol. The summed E-state index contributed by atoms with van der Waals surface area (Å²) in [4.78, 5) is 12.1. The maximum atomic E-state index is 12.1. The number of benzene rings is 2. The third kappa shape index (κ3) is 3.61. The molecule has 0 saturated carbocycles. The number of hydrazone groups is 1. The number of nitrogens with one attached hydrogen (secondary N) is 1. The second kappa shape index (κ2) is 7.05. The Morgan fingerprint density at radius 3 is 2.60 bits per heavy atom. The highest BCUT2D eigenvalue weighted by Crippen LogP contribution is 2.38. The molecule has 0 aromatic heterocycles. The average Bonchev–Trinajstić information content (AvgIpc) is 2.63. The maximum Gasteiger partial charge on any atom is 0.271 e. The highest BCUT2D eigenvalue weighted by Gasteiger charge is 2.30. The minimum Gasteiger partial charge on any atom is -0.508 e. The van der Waals surface area contributed by atoms with Gasteiger partial charge in [-0.05, 0) is 24.6 Å². The number of amides is 1. The summed E-state index contributed by atoms with van der Waals surface area (Å²) in [5.74, 6) is -0.348. The average molecular weight is 334 g/mol. The first-order valence-corrected chi connectivity index (χ1v) is 7.87. The number of carbonyl (C=O) groups excluding carboxylic acids is 1. The van der Waals surface area contributed by atoms with Crippen molar-refractivity contribution < 1.29 is 15.0 Å². The Morgan fingerprint density at radius 2 is 1.92 bits per heavy atom. The molecule has 1 unspecified atom stereocenters. The Hall–Kier alpha value is -3.34. The number of hydrogen-bond donors (Lipinski definition) is 3. The lowest BCUT2D eigenvalue weighted by Crippen LogP contribution is -2.28. The number of allylic oxidation sites excluding steroid dienone is 4. The molecule has 0 aliphatic heterocycles. The lowest BCUT2D eigenvalue weighted by molar-refractivity contribution is 0.0955. The summed E-state index contributed by atoms with van der Waals surface area (Å²) in [6.07, 6.45) is 9.80. The van der Waals surface area contributed by atoms with Crippen LogP contribution in [0.5, 0.6) is 11.5 Å². The van der Waals surface area contributed by atoms with Crippen LogP contribution in [0.3, 0.4) is 0 Å². The summed E-state index contributed by atoms with van der Waals surface area (Å²) in [5.41, 5.74) is 2.93. The number of hydrogen-bond acceptors (Lipinski definition) is 4. The molecule has 3 N–H and O–H groups in total. The number of aromatic hydroxyl groups is 2. The van der Waals surface area contributed by atoms with Gasteiger partial charge in [-0.15, -0.1) is 0 Å². The molecule has 1 amide bonds. The van der Waals surface area contributed by atoms with Crippen molar-refractivity contribution in [2.75, 3.05) is 0 Å². The van der Waals surface area contributed by atoms with Gasteiger partial charge < -0.3 is 10.2 Å². The molecule has 3 rings (SSSR count). The molecule has 126 valence electrons. The van der Waals surface area contributed by atoms with Crippen LogP contribution in [0.4, 0.5) is 0 Å². The molecule has 2 aromatic carbocycles. The lowest BCUT2D eigenvalue weighted by Gasteiger charge is -2.28. The van der Waals surface area contributed by atoms with Gasteiger partial charge >= 0.3 is 0 Å². The molecule has 0 saturated heterocycles. The minimum atomic E-state index is -0.698. The summed E-state index contributed by atoms with van der Waals surface area (Å²) in [6, 6.07) is 13.3. The lowest BCUT2D eigenvalue weighted by atomic mass is 9.76. The molecule has 0 radical (unpaired) electrons. The predicted molar refractivity (Wildman–Crippen MR) is 96.7 cm³/mol. The molecule has 0 bridgehead atoms. The van der Waals surface area contributed by atoms with Gasteiger partial charge in [-0.3, -0.25) is 4.79 Å². The second-order valence-corrected chi connectivity index (χ2v) is 5.80. The summed E-state index contributed by atoms with van der Waals surface area (Å²) < 4.78 is 0. The number of rotatable bonds is 4. The van der Waals surface area contributed by atoms with E-state index in [1.807, 2.05) is 30.4 Å². The Labute approximate surface area is 145 Å². The van der Waals surface area contributed by atoms with Gasteiger partial charge in [0.15, 0.2) is 0 Å². The van der Waals surface area contributed by atoms with Crippen LogP contribution >= 0.6 is 0 Å². The molecule has 0 heterocycles. The van der Waals surface area contributed by atoms with E-state index in [4.69, 9.17) is 0 Å². The Bertz CT molecular complexity index is 856. The van der Waals surface area contributed by atoms with Gasteiger partial charge in [-0.1, -0.05) is 48.6 Å². The third-order valence-corrected chi connectivity index (χ3v) is 4.08. The fourth-order valence-corrected chi connectivity index (χ4v) is 2.78. The van der Waals surface area contributed by atoms with Gasteiger partial charge in [-0.2, -0.15) is 5.10 Å². The van der Waals surface area contributed by atoms with Crippen molar-refractivity contribution in [1.82, 2.24) is 5.43 Å². The minimum absolute atomic E-state index is 0.0129. The van der Waals surface area contributed by atoms with Crippen LogP contribution < -0.4 is 5.43 Å². The van der Waals surface area contributed by atoms with Crippen LogP contribution in [0.1, 0.15) is 22.3 Å². The van der Waals surface area contributed by atoms with Gasteiger partial charge in [0.25, 0.3) is 5.91 Å². The van der Waals surface area contributed by atoms with Gasteiger partial charge in [0.05, 0.1) is 5.41 Å². The molecule has 1 aliphatic carbocycles. The highest BCUT2D eigenvalue weighted by atomic mass is 16.3. The quantitative estimate of drug-likeness (QED) is 0.593. The van der Waals surface area contributed by atoms with Gasteiger partial charge in [0, 0.05) is 23.4 Å². The van der Waals surface area contributed by atoms with Crippen molar-refractivity contribution in [1.29, 1.82) is 0 Å². The molecular formula is C20H18N2O3.